The van der Waals surface area contributed by atoms with Crippen molar-refractivity contribution in [3.63, 3.8) is 0 Å². The van der Waals surface area contributed by atoms with Crippen LogP contribution in [0.3, 0.4) is 0 Å². The number of hydrogen-bond donors (Lipinski definition) is 0. The van der Waals surface area contributed by atoms with E-state index in [0.29, 0.717) is 26.2 Å². The second-order valence-corrected chi connectivity index (χ2v) is 9.74. The van der Waals surface area contributed by atoms with Gasteiger partial charge in [-0.3, -0.25) is 4.90 Å². The largest absolute Gasteiger partial charge is 0.491 e. The van der Waals surface area contributed by atoms with Gasteiger partial charge < -0.3 is 4.74 Å². The summed E-state index contributed by atoms with van der Waals surface area (Å²) in [7, 11) is -3.30. The van der Waals surface area contributed by atoms with Gasteiger partial charge in [0.15, 0.2) is 0 Å². The van der Waals surface area contributed by atoms with Crippen molar-refractivity contribution in [3.8, 4) is 5.75 Å². The van der Waals surface area contributed by atoms with Gasteiger partial charge in [-0.05, 0) is 57.4 Å². The van der Waals surface area contributed by atoms with E-state index in [1.54, 1.807) is 8.61 Å². The van der Waals surface area contributed by atoms with E-state index in [1.807, 2.05) is 26.0 Å². The lowest BCUT2D eigenvalue weighted by Crippen LogP contribution is -2.47. The third-order valence-electron chi connectivity index (χ3n) is 5.19. The zero-order valence-corrected chi connectivity index (χ0v) is 17.5. The maximum Gasteiger partial charge on any atom is 0.282 e. The molecule has 6 nitrogen and oxygen atoms in total. The van der Waals surface area contributed by atoms with Gasteiger partial charge in [0.1, 0.15) is 5.75 Å². The molecule has 0 amide bonds. The molecule has 3 rings (SSSR count). The van der Waals surface area contributed by atoms with Gasteiger partial charge >= 0.3 is 0 Å². The zero-order chi connectivity index (χ0) is 19.3. The first-order valence-electron chi connectivity index (χ1n) is 10.2. The molecule has 0 aromatic heterocycles. The molecule has 0 unspecified atom stereocenters. The van der Waals surface area contributed by atoms with Gasteiger partial charge in [0.2, 0.25) is 0 Å². The third kappa shape index (κ3) is 5.67. The summed E-state index contributed by atoms with van der Waals surface area (Å²) in [5, 5.41) is 0. The smallest absolute Gasteiger partial charge is 0.282 e. The molecule has 2 aliphatic heterocycles. The first-order chi connectivity index (χ1) is 12.9. The van der Waals surface area contributed by atoms with E-state index in [-0.39, 0.29) is 6.10 Å². The Hall–Kier alpha value is -1.15. The highest BCUT2D eigenvalue weighted by Gasteiger charge is 2.31. The van der Waals surface area contributed by atoms with E-state index in [1.165, 1.54) is 5.56 Å². The SMILES string of the molecule is CC(C)Oc1cccc(CN2CCCN(S(=O)(=O)N3CCCCC3)CC2)c1. The average Bonchev–Trinajstić information content (AvgIpc) is 2.88. The minimum Gasteiger partial charge on any atom is -0.491 e. The monoisotopic (exact) mass is 395 g/mol. The quantitative estimate of drug-likeness (QED) is 0.743. The summed E-state index contributed by atoms with van der Waals surface area (Å²) in [4.78, 5) is 2.35. The molecule has 27 heavy (non-hydrogen) atoms. The molecule has 0 saturated carbocycles. The topological polar surface area (TPSA) is 53.1 Å². The molecule has 1 aromatic carbocycles. The lowest BCUT2D eigenvalue weighted by Gasteiger charge is -2.31. The zero-order valence-electron chi connectivity index (χ0n) is 16.6. The van der Waals surface area contributed by atoms with Crippen molar-refractivity contribution in [1.82, 2.24) is 13.5 Å². The number of benzene rings is 1. The minimum atomic E-state index is -3.30. The van der Waals surface area contributed by atoms with Crippen LogP contribution in [0.25, 0.3) is 0 Å². The average molecular weight is 396 g/mol. The Balaban J connectivity index is 1.58. The predicted molar refractivity (Wildman–Crippen MR) is 108 cm³/mol. The van der Waals surface area contributed by atoms with Crippen molar-refractivity contribution < 1.29 is 13.2 Å². The molecule has 0 aliphatic carbocycles. The van der Waals surface area contributed by atoms with Crippen LogP contribution in [0, 0.1) is 0 Å². The van der Waals surface area contributed by atoms with Crippen LogP contribution in [0.15, 0.2) is 24.3 Å². The molecule has 2 saturated heterocycles. The van der Waals surface area contributed by atoms with Gasteiger partial charge in [-0.15, -0.1) is 0 Å². The molecular weight excluding hydrogens is 362 g/mol. The second-order valence-electron chi connectivity index (χ2n) is 7.81. The van der Waals surface area contributed by atoms with Crippen LogP contribution in [-0.4, -0.2) is 67.3 Å². The fraction of sp³-hybridized carbons (Fsp3) is 0.700. The summed E-state index contributed by atoms with van der Waals surface area (Å²) < 4.78 is 35.0. The Labute approximate surface area is 164 Å². The van der Waals surface area contributed by atoms with E-state index in [9.17, 15) is 8.42 Å². The molecule has 1 aromatic rings. The van der Waals surface area contributed by atoms with Gasteiger partial charge in [-0.2, -0.15) is 17.0 Å². The van der Waals surface area contributed by atoms with Gasteiger partial charge in [0.25, 0.3) is 10.2 Å². The molecule has 0 N–H and O–H groups in total. The van der Waals surface area contributed by atoms with Crippen LogP contribution in [0.5, 0.6) is 5.75 Å². The predicted octanol–water partition coefficient (Wildman–Crippen LogP) is 2.71. The van der Waals surface area contributed by atoms with E-state index in [4.69, 9.17) is 4.74 Å². The third-order valence-corrected chi connectivity index (χ3v) is 7.23. The molecule has 0 bridgehead atoms. The molecule has 2 aliphatic rings. The van der Waals surface area contributed by atoms with E-state index < -0.39 is 10.2 Å². The van der Waals surface area contributed by atoms with Crippen molar-refractivity contribution in [1.29, 1.82) is 0 Å². The van der Waals surface area contributed by atoms with Crippen molar-refractivity contribution in [2.75, 3.05) is 39.3 Å². The summed E-state index contributed by atoms with van der Waals surface area (Å²) in [6, 6.07) is 8.21. The summed E-state index contributed by atoms with van der Waals surface area (Å²) in [6.07, 6.45) is 4.13. The second kappa shape index (κ2) is 9.37. The highest BCUT2D eigenvalue weighted by atomic mass is 32.2. The van der Waals surface area contributed by atoms with Crippen molar-refractivity contribution in [2.45, 2.75) is 52.2 Å². The van der Waals surface area contributed by atoms with Crippen LogP contribution in [-0.2, 0) is 16.8 Å². The van der Waals surface area contributed by atoms with Crippen molar-refractivity contribution >= 4 is 10.2 Å². The highest BCUT2D eigenvalue weighted by molar-refractivity contribution is 7.86. The molecule has 7 heteroatoms. The highest BCUT2D eigenvalue weighted by Crippen LogP contribution is 2.20. The molecule has 0 atom stereocenters. The summed E-state index contributed by atoms with van der Waals surface area (Å²) in [5.74, 6) is 0.895. The normalized spacial score (nSPS) is 21.3. The number of hydrogen-bond acceptors (Lipinski definition) is 4. The number of piperidine rings is 1. The Bertz CT molecular complexity index is 702. The number of ether oxygens (including phenoxy) is 1. The van der Waals surface area contributed by atoms with Crippen LogP contribution < -0.4 is 4.74 Å². The van der Waals surface area contributed by atoms with E-state index in [2.05, 4.69) is 17.0 Å². The fourth-order valence-corrected chi connectivity index (χ4v) is 5.56. The van der Waals surface area contributed by atoms with Gasteiger partial charge in [-0.25, -0.2) is 0 Å². The lowest BCUT2D eigenvalue weighted by atomic mass is 10.2. The first kappa shape index (κ1) is 20.6. The van der Waals surface area contributed by atoms with Crippen LogP contribution in [0.4, 0.5) is 0 Å². The van der Waals surface area contributed by atoms with Gasteiger partial charge in [0, 0.05) is 39.3 Å². The van der Waals surface area contributed by atoms with Crippen molar-refractivity contribution in [2.24, 2.45) is 0 Å². The molecule has 0 radical (unpaired) electrons. The van der Waals surface area contributed by atoms with Gasteiger partial charge in [-0.1, -0.05) is 18.6 Å². The Morgan fingerprint density at radius 3 is 2.37 bits per heavy atom. The van der Waals surface area contributed by atoms with Gasteiger partial charge in [0.05, 0.1) is 6.10 Å². The molecule has 2 heterocycles. The van der Waals surface area contributed by atoms with E-state index in [0.717, 1.165) is 51.1 Å². The summed E-state index contributed by atoms with van der Waals surface area (Å²) >= 11 is 0. The summed E-state index contributed by atoms with van der Waals surface area (Å²) in [6.45, 7) is 9.09. The molecule has 152 valence electrons. The number of rotatable bonds is 6. The van der Waals surface area contributed by atoms with Crippen LogP contribution >= 0.6 is 0 Å². The Kier molecular flexibility index (Phi) is 7.14. The molecular formula is C20H33N3O3S. The summed E-state index contributed by atoms with van der Waals surface area (Å²) in [5.41, 5.74) is 1.21. The van der Waals surface area contributed by atoms with Crippen LogP contribution in [0.2, 0.25) is 0 Å². The lowest BCUT2D eigenvalue weighted by molar-refractivity contribution is 0.241. The minimum absolute atomic E-state index is 0.159. The standard InChI is InChI=1S/C20H33N3O3S/c1-18(2)26-20-9-6-8-19(16-20)17-21-10-7-13-23(15-14-21)27(24,25)22-11-4-3-5-12-22/h6,8-9,16,18H,3-5,7,10-15,17H2,1-2H3. The Morgan fingerprint density at radius 1 is 0.926 bits per heavy atom. The Morgan fingerprint density at radius 2 is 1.63 bits per heavy atom. The maximum atomic E-state index is 12.9. The van der Waals surface area contributed by atoms with E-state index >= 15 is 0 Å². The molecule has 2 fully saturated rings. The number of nitrogens with zero attached hydrogens (tertiary/aromatic N) is 3. The first-order valence-corrected chi connectivity index (χ1v) is 11.6. The molecule has 0 spiro atoms. The van der Waals surface area contributed by atoms with Crippen molar-refractivity contribution in [3.05, 3.63) is 29.8 Å². The maximum absolute atomic E-state index is 12.9. The fourth-order valence-electron chi connectivity index (χ4n) is 3.84. The van der Waals surface area contributed by atoms with Crippen LogP contribution in [0.1, 0.15) is 45.1 Å².